The molecular formula is C15H26NO2P. The van der Waals surface area contributed by atoms with Crippen LogP contribution in [-0.4, -0.2) is 23.4 Å². The number of rotatable bonds is 7. The van der Waals surface area contributed by atoms with Crippen molar-refractivity contribution in [2.24, 2.45) is 4.99 Å². The Balaban J connectivity index is 5.27. The van der Waals surface area contributed by atoms with Crippen LogP contribution in [0.15, 0.2) is 28.9 Å². The van der Waals surface area contributed by atoms with E-state index in [2.05, 4.69) is 34.7 Å². The molecule has 0 N–H and O–H groups in total. The molecule has 0 aliphatic rings. The van der Waals surface area contributed by atoms with Crippen molar-refractivity contribution in [3.05, 3.63) is 23.9 Å². The van der Waals surface area contributed by atoms with Gasteiger partial charge in [0, 0.05) is 11.4 Å². The van der Waals surface area contributed by atoms with E-state index in [1.165, 1.54) is 13.1 Å². The Bertz CT molecular complexity index is 395. The van der Waals surface area contributed by atoms with Crippen molar-refractivity contribution in [2.45, 2.75) is 52.6 Å². The molecule has 0 aromatic rings. The van der Waals surface area contributed by atoms with Crippen LogP contribution in [0.2, 0.25) is 0 Å². The fraction of sp³-hybridized carbons (Fsp3) is 0.600. The summed E-state index contributed by atoms with van der Waals surface area (Å²) in [7, 11) is 2.78. The van der Waals surface area contributed by atoms with Gasteiger partial charge in [-0.3, -0.25) is 4.79 Å². The molecule has 0 saturated carbocycles. The van der Waals surface area contributed by atoms with Crippen molar-refractivity contribution in [1.29, 1.82) is 0 Å². The van der Waals surface area contributed by atoms with E-state index >= 15 is 0 Å². The fourth-order valence-electron chi connectivity index (χ4n) is 1.40. The first kappa shape index (κ1) is 18.0. The summed E-state index contributed by atoms with van der Waals surface area (Å²) < 4.78 is 5.76. The third kappa shape index (κ3) is 6.15. The minimum atomic E-state index is -0.0260. The largest absolute Gasteiger partial charge is 0.476 e. The van der Waals surface area contributed by atoms with Crippen molar-refractivity contribution in [3.63, 3.8) is 0 Å². The highest BCUT2D eigenvalue weighted by atomic mass is 31.0. The number of hydrogen-bond donors (Lipinski definition) is 0. The summed E-state index contributed by atoms with van der Waals surface area (Å²) in [5, 5.41) is -0.0239. The molecule has 0 aromatic heterocycles. The molecule has 0 aromatic carbocycles. The molecule has 108 valence electrons. The van der Waals surface area contributed by atoms with Gasteiger partial charge in [-0.05, 0) is 26.7 Å². The number of carbonyl (C=O) groups excluding carboxylic acids is 1. The second-order valence-corrected chi connectivity index (χ2v) is 6.37. The van der Waals surface area contributed by atoms with Crippen LogP contribution in [0.25, 0.3) is 0 Å². The summed E-state index contributed by atoms with van der Waals surface area (Å²) in [4.78, 5) is 15.9. The van der Waals surface area contributed by atoms with Crippen molar-refractivity contribution >= 4 is 20.9 Å². The molecular weight excluding hydrogens is 257 g/mol. The molecule has 0 radical (unpaired) electrons. The summed E-state index contributed by atoms with van der Waals surface area (Å²) in [5.41, 5.74) is 1.55. The average molecular weight is 283 g/mol. The van der Waals surface area contributed by atoms with Gasteiger partial charge in [-0.25, -0.2) is 4.99 Å². The summed E-state index contributed by atoms with van der Waals surface area (Å²) >= 11 is 0. The van der Waals surface area contributed by atoms with E-state index < -0.39 is 0 Å². The van der Waals surface area contributed by atoms with Gasteiger partial charge in [-0.2, -0.15) is 0 Å². The highest BCUT2D eigenvalue weighted by molar-refractivity contribution is 7.18. The molecule has 4 heteroatoms. The van der Waals surface area contributed by atoms with Crippen LogP contribution < -0.4 is 0 Å². The van der Waals surface area contributed by atoms with Crippen LogP contribution >= 0.6 is 9.24 Å². The number of aliphatic imine (C=N–C) groups is 1. The smallest absolute Gasteiger partial charge is 0.224 e. The summed E-state index contributed by atoms with van der Waals surface area (Å²) in [5.74, 6) is 0.353. The van der Waals surface area contributed by atoms with E-state index in [-0.39, 0.29) is 10.9 Å². The van der Waals surface area contributed by atoms with Crippen LogP contribution in [0.1, 0.15) is 47.5 Å². The van der Waals surface area contributed by atoms with Gasteiger partial charge in [0.15, 0.2) is 5.78 Å². The fourth-order valence-corrected chi connectivity index (χ4v) is 1.49. The Morgan fingerprint density at radius 3 is 2.37 bits per heavy atom. The third-order valence-electron chi connectivity index (χ3n) is 3.08. The zero-order valence-corrected chi connectivity index (χ0v) is 13.9. The number of ether oxygens (including phenoxy) is 1. The van der Waals surface area contributed by atoms with Gasteiger partial charge in [-0.1, -0.05) is 32.9 Å². The van der Waals surface area contributed by atoms with Gasteiger partial charge in [0.2, 0.25) is 5.90 Å². The Morgan fingerprint density at radius 2 is 2.00 bits per heavy atom. The molecule has 0 bridgehead atoms. The topological polar surface area (TPSA) is 38.7 Å². The molecule has 0 amide bonds. The summed E-state index contributed by atoms with van der Waals surface area (Å²) in [6.07, 6.45) is 3.17. The van der Waals surface area contributed by atoms with Crippen LogP contribution in [0.5, 0.6) is 0 Å². The number of ketones is 1. The van der Waals surface area contributed by atoms with Crippen molar-refractivity contribution in [1.82, 2.24) is 0 Å². The number of carbonyl (C=O) groups is 1. The quantitative estimate of drug-likeness (QED) is 0.307. The number of hydrogen-bond acceptors (Lipinski definition) is 3. The molecule has 0 heterocycles. The zero-order chi connectivity index (χ0) is 15.1. The third-order valence-corrected chi connectivity index (χ3v) is 3.65. The maximum atomic E-state index is 11.8. The monoisotopic (exact) mass is 283 g/mol. The number of allylic oxidation sites excluding steroid dienone is 1. The maximum Gasteiger partial charge on any atom is 0.224 e. The van der Waals surface area contributed by atoms with Crippen molar-refractivity contribution < 1.29 is 9.53 Å². The van der Waals surface area contributed by atoms with Gasteiger partial charge >= 0.3 is 0 Å². The van der Waals surface area contributed by atoms with Crippen LogP contribution in [0.3, 0.4) is 0 Å². The average Bonchev–Trinajstić information content (AvgIpc) is 2.35. The molecule has 0 aliphatic heterocycles. The first-order valence-electron chi connectivity index (χ1n) is 6.60. The standard InChI is InChI=1S/C15H26NO2P/c1-7-11(4)13(12(5)17)14(16-9-3)18-10-15(6,19)8-2/h9H,3,7-8,10,19H2,1-2,4-6H3/b13-11+,16-14+. The molecule has 2 unspecified atom stereocenters. The molecule has 3 nitrogen and oxygen atoms in total. The Labute approximate surface area is 119 Å². The van der Waals surface area contributed by atoms with Gasteiger partial charge in [0.05, 0.1) is 12.2 Å². The highest BCUT2D eigenvalue weighted by Gasteiger charge is 2.21. The highest BCUT2D eigenvalue weighted by Crippen LogP contribution is 2.23. The number of nitrogens with zero attached hydrogens (tertiary/aromatic N) is 1. The molecule has 0 aliphatic carbocycles. The van der Waals surface area contributed by atoms with Gasteiger partial charge < -0.3 is 4.74 Å². The van der Waals surface area contributed by atoms with Gasteiger partial charge in [0.25, 0.3) is 0 Å². The van der Waals surface area contributed by atoms with Gasteiger partial charge in [0.1, 0.15) is 0 Å². The first-order chi connectivity index (χ1) is 8.79. The van der Waals surface area contributed by atoms with Crippen molar-refractivity contribution in [2.75, 3.05) is 6.61 Å². The first-order valence-corrected chi connectivity index (χ1v) is 7.18. The van der Waals surface area contributed by atoms with Crippen LogP contribution in [0, 0.1) is 0 Å². The second kappa shape index (κ2) is 8.27. The van der Waals surface area contributed by atoms with E-state index in [0.29, 0.717) is 18.1 Å². The lowest BCUT2D eigenvalue weighted by molar-refractivity contribution is -0.113. The van der Waals surface area contributed by atoms with E-state index in [9.17, 15) is 4.79 Å². The second-order valence-electron chi connectivity index (χ2n) is 4.98. The van der Waals surface area contributed by atoms with E-state index in [0.717, 1.165) is 18.4 Å². The molecule has 19 heavy (non-hydrogen) atoms. The number of Topliss-reactive ketones (excluding diaryl/α,β-unsaturated/α-hetero) is 1. The minimum absolute atomic E-state index is 0.0239. The van der Waals surface area contributed by atoms with E-state index in [1.54, 1.807) is 0 Å². The lowest BCUT2D eigenvalue weighted by Gasteiger charge is -2.23. The van der Waals surface area contributed by atoms with E-state index in [1.807, 2.05) is 13.8 Å². The maximum absolute atomic E-state index is 11.8. The predicted molar refractivity (Wildman–Crippen MR) is 85.7 cm³/mol. The predicted octanol–water partition coefficient (Wildman–Crippen LogP) is 3.90. The van der Waals surface area contributed by atoms with Crippen molar-refractivity contribution in [3.8, 4) is 0 Å². The summed E-state index contributed by atoms with van der Waals surface area (Å²) in [6, 6.07) is 0. The van der Waals surface area contributed by atoms with Gasteiger partial charge in [-0.15, -0.1) is 9.24 Å². The lowest BCUT2D eigenvalue weighted by Crippen LogP contribution is -2.26. The SMILES string of the molecule is C=C/N=C(OCC(C)(P)CC)\C(C(C)=O)=C(/C)CC. The molecule has 0 saturated heterocycles. The zero-order valence-electron chi connectivity index (χ0n) is 12.7. The minimum Gasteiger partial charge on any atom is -0.476 e. The van der Waals surface area contributed by atoms with E-state index in [4.69, 9.17) is 4.74 Å². The summed E-state index contributed by atoms with van der Waals surface area (Å²) in [6.45, 7) is 13.7. The Morgan fingerprint density at radius 1 is 1.42 bits per heavy atom. The Hall–Kier alpha value is -0.950. The van der Waals surface area contributed by atoms with Crippen LogP contribution in [0.4, 0.5) is 0 Å². The van der Waals surface area contributed by atoms with Crippen LogP contribution in [-0.2, 0) is 9.53 Å². The lowest BCUT2D eigenvalue weighted by atomic mass is 10.0. The molecule has 0 spiro atoms. The molecule has 0 rings (SSSR count). The Kier molecular flexibility index (Phi) is 7.85. The molecule has 2 atom stereocenters. The normalized spacial score (nSPS) is 16.4. The molecule has 0 fully saturated rings.